The third-order valence-corrected chi connectivity index (χ3v) is 7.49. The molecule has 5 rings (SSSR count). The Morgan fingerprint density at radius 3 is 2.79 bits per heavy atom. The van der Waals surface area contributed by atoms with Crippen LogP contribution >= 0.6 is 0 Å². The van der Waals surface area contributed by atoms with E-state index in [2.05, 4.69) is 4.98 Å². The highest BCUT2D eigenvalue weighted by atomic mass is 32.2. The van der Waals surface area contributed by atoms with Gasteiger partial charge in [-0.15, -0.1) is 0 Å². The third-order valence-electron chi connectivity index (χ3n) is 5.81. The van der Waals surface area contributed by atoms with Crippen LogP contribution in [0, 0.1) is 0 Å². The van der Waals surface area contributed by atoms with Gasteiger partial charge in [0.05, 0.1) is 29.3 Å². The van der Waals surface area contributed by atoms with Crippen LogP contribution in [0.25, 0.3) is 22.1 Å². The normalized spacial score (nSPS) is 16.9. The van der Waals surface area contributed by atoms with Crippen molar-refractivity contribution in [2.75, 3.05) is 19.8 Å². The molecule has 3 aromatic heterocycles. The Kier molecular flexibility index (Phi) is 5.63. The highest BCUT2D eigenvalue weighted by Gasteiger charge is 2.27. The van der Waals surface area contributed by atoms with Crippen molar-refractivity contribution in [3.63, 3.8) is 0 Å². The maximum absolute atomic E-state index is 13.4. The number of fused-ring (bicyclic) bond motifs is 3. The molecule has 1 saturated heterocycles. The van der Waals surface area contributed by atoms with E-state index in [9.17, 15) is 13.2 Å². The van der Waals surface area contributed by atoms with Gasteiger partial charge in [-0.05, 0) is 31.0 Å². The molecule has 1 atom stereocenters. The van der Waals surface area contributed by atoms with Crippen molar-refractivity contribution >= 4 is 38.1 Å². The minimum atomic E-state index is -3.83. The second-order valence-electron chi connectivity index (χ2n) is 8.08. The van der Waals surface area contributed by atoms with Gasteiger partial charge in [0.2, 0.25) is 0 Å². The molecule has 1 aliphatic rings. The van der Waals surface area contributed by atoms with Crippen LogP contribution in [0.5, 0.6) is 0 Å². The number of hydrogen-bond donors (Lipinski definition) is 1. The summed E-state index contributed by atoms with van der Waals surface area (Å²) < 4.78 is 38.7. The summed E-state index contributed by atoms with van der Waals surface area (Å²) in [6.07, 6.45) is 3.73. The number of pyridine rings is 1. The molecule has 0 amide bonds. The molecule has 33 heavy (non-hydrogen) atoms. The van der Waals surface area contributed by atoms with Gasteiger partial charge in [0, 0.05) is 37.5 Å². The number of benzene rings is 1. The van der Waals surface area contributed by atoms with Gasteiger partial charge in [0.1, 0.15) is 11.3 Å². The van der Waals surface area contributed by atoms with Gasteiger partial charge in [0.15, 0.2) is 5.65 Å². The van der Waals surface area contributed by atoms with Crippen molar-refractivity contribution in [2.24, 2.45) is 0 Å². The lowest BCUT2D eigenvalue weighted by molar-refractivity contribution is -0.140. The van der Waals surface area contributed by atoms with Crippen molar-refractivity contribution in [3.8, 4) is 0 Å². The summed E-state index contributed by atoms with van der Waals surface area (Å²) in [4.78, 5) is 24.2. The van der Waals surface area contributed by atoms with Crippen molar-refractivity contribution in [1.29, 1.82) is 0 Å². The lowest BCUT2D eigenvalue weighted by Crippen LogP contribution is -2.18. The summed E-state index contributed by atoms with van der Waals surface area (Å²) in [5.41, 5.74) is 2.50. The quantitative estimate of drug-likeness (QED) is 0.432. The van der Waals surface area contributed by atoms with E-state index in [1.165, 1.54) is 17.1 Å². The molecule has 0 saturated carbocycles. The van der Waals surface area contributed by atoms with Gasteiger partial charge in [-0.2, -0.15) is 0 Å². The average Bonchev–Trinajstić information content (AvgIpc) is 3.44. The molecule has 1 aliphatic heterocycles. The summed E-state index contributed by atoms with van der Waals surface area (Å²) in [6, 6.07) is 10.0. The van der Waals surface area contributed by atoms with E-state index in [-0.39, 0.29) is 23.4 Å². The van der Waals surface area contributed by atoms with E-state index in [1.807, 2.05) is 0 Å². The van der Waals surface area contributed by atoms with E-state index in [4.69, 9.17) is 19.4 Å². The maximum Gasteiger partial charge on any atom is 0.302 e. The van der Waals surface area contributed by atoms with Gasteiger partial charge >= 0.3 is 5.97 Å². The van der Waals surface area contributed by atoms with Crippen LogP contribution in [0.3, 0.4) is 0 Å². The van der Waals surface area contributed by atoms with Crippen molar-refractivity contribution in [3.05, 3.63) is 54.1 Å². The van der Waals surface area contributed by atoms with Gasteiger partial charge in [0.25, 0.3) is 10.0 Å². The number of aromatic amines is 1. The summed E-state index contributed by atoms with van der Waals surface area (Å²) in [5, 5.41) is 0.639. The first kappa shape index (κ1) is 21.6. The standard InChI is InChI=1S/C23H24N4O5S/c1-15(28)32-13-10-19-24-21-18-9-11-27(33(29,30)17-7-3-2-4-8-17)23(18)26-20(22(21)25-19)16-6-5-12-31-14-16/h2-4,7-9,11,16H,5-6,10,12-14H2,1H3,(H,24,25). The van der Waals surface area contributed by atoms with E-state index in [0.717, 1.165) is 24.1 Å². The molecule has 4 aromatic rings. The number of carbonyl (C=O) groups excluding carboxylic acids is 1. The van der Waals surface area contributed by atoms with Crippen LogP contribution in [-0.4, -0.2) is 53.1 Å². The fourth-order valence-electron chi connectivity index (χ4n) is 4.23. The van der Waals surface area contributed by atoms with Gasteiger partial charge in [-0.1, -0.05) is 18.2 Å². The first-order chi connectivity index (χ1) is 15.9. The number of hydrogen-bond acceptors (Lipinski definition) is 7. The third kappa shape index (κ3) is 4.00. The fraction of sp³-hybridized carbons (Fsp3) is 0.348. The first-order valence-electron chi connectivity index (χ1n) is 10.9. The van der Waals surface area contributed by atoms with Gasteiger partial charge in [-0.25, -0.2) is 22.4 Å². The van der Waals surface area contributed by atoms with Crippen LogP contribution in [0.15, 0.2) is 47.5 Å². The highest BCUT2D eigenvalue weighted by Crippen LogP contribution is 2.34. The Morgan fingerprint density at radius 1 is 1.24 bits per heavy atom. The minimum absolute atomic E-state index is 0.0233. The number of ether oxygens (including phenoxy) is 2. The van der Waals surface area contributed by atoms with Crippen molar-refractivity contribution in [2.45, 2.75) is 37.0 Å². The zero-order valence-corrected chi connectivity index (χ0v) is 19.0. The van der Waals surface area contributed by atoms with Crippen molar-refractivity contribution in [1.82, 2.24) is 18.9 Å². The van der Waals surface area contributed by atoms with E-state index >= 15 is 0 Å². The van der Waals surface area contributed by atoms with Crippen LogP contribution in [0.2, 0.25) is 0 Å². The Bertz CT molecular complexity index is 1420. The van der Waals surface area contributed by atoms with E-state index in [0.29, 0.717) is 42.0 Å². The Morgan fingerprint density at radius 2 is 2.06 bits per heavy atom. The number of rotatable bonds is 6. The van der Waals surface area contributed by atoms with Crippen LogP contribution in [0.4, 0.5) is 0 Å². The summed E-state index contributed by atoms with van der Waals surface area (Å²) in [6.45, 7) is 2.79. The summed E-state index contributed by atoms with van der Waals surface area (Å²) >= 11 is 0. The number of nitrogens with one attached hydrogen (secondary N) is 1. The van der Waals surface area contributed by atoms with E-state index < -0.39 is 10.0 Å². The van der Waals surface area contributed by atoms with Crippen molar-refractivity contribution < 1.29 is 22.7 Å². The second-order valence-corrected chi connectivity index (χ2v) is 9.89. The number of nitrogens with zero attached hydrogens (tertiary/aromatic N) is 3. The minimum Gasteiger partial charge on any atom is -0.465 e. The molecule has 4 heterocycles. The summed E-state index contributed by atoms with van der Waals surface area (Å²) in [7, 11) is -3.83. The predicted octanol–water partition coefficient (Wildman–Crippen LogP) is 3.15. The molecular weight excluding hydrogens is 444 g/mol. The molecule has 0 radical (unpaired) electrons. The second kappa shape index (κ2) is 8.60. The SMILES string of the molecule is CC(=O)OCCc1nc2c([nH]1)c(C1CCCOC1)nc1c2ccn1S(=O)(=O)c1ccccc1. The van der Waals surface area contributed by atoms with Crippen LogP contribution in [-0.2, 0) is 30.7 Å². The lowest BCUT2D eigenvalue weighted by Gasteiger charge is -2.22. The Balaban J connectivity index is 1.67. The first-order valence-corrected chi connectivity index (χ1v) is 12.3. The number of aromatic nitrogens is 4. The molecule has 0 bridgehead atoms. The molecule has 172 valence electrons. The highest BCUT2D eigenvalue weighted by molar-refractivity contribution is 7.90. The molecular formula is C23H24N4O5S. The largest absolute Gasteiger partial charge is 0.465 e. The molecule has 1 fully saturated rings. The monoisotopic (exact) mass is 468 g/mol. The number of carbonyl (C=O) groups is 1. The molecule has 1 aromatic carbocycles. The van der Waals surface area contributed by atoms with Gasteiger partial charge in [-0.3, -0.25) is 4.79 Å². The van der Waals surface area contributed by atoms with Crippen LogP contribution < -0.4 is 0 Å². The van der Waals surface area contributed by atoms with Gasteiger partial charge < -0.3 is 14.5 Å². The molecule has 9 nitrogen and oxygen atoms in total. The fourth-order valence-corrected chi connectivity index (χ4v) is 5.55. The number of esters is 1. The average molecular weight is 469 g/mol. The molecule has 1 unspecified atom stereocenters. The Hall–Kier alpha value is -3.24. The lowest BCUT2D eigenvalue weighted by atomic mass is 9.97. The predicted molar refractivity (Wildman–Crippen MR) is 122 cm³/mol. The molecule has 1 N–H and O–H groups in total. The zero-order chi connectivity index (χ0) is 23.0. The topological polar surface area (TPSA) is 116 Å². The molecule has 0 spiro atoms. The smallest absolute Gasteiger partial charge is 0.302 e. The number of H-pyrrole nitrogens is 1. The number of imidazole rings is 1. The van der Waals surface area contributed by atoms with E-state index in [1.54, 1.807) is 36.4 Å². The maximum atomic E-state index is 13.4. The summed E-state index contributed by atoms with van der Waals surface area (Å²) in [5.74, 6) is 0.325. The molecule has 0 aliphatic carbocycles. The Labute approximate surface area is 190 Å². The molecule has 10 heteroatoms. The zero-order valence-electron chi connectivity index (χ0n) is 18.2. The van der Waals surface area contributed by atoms with Crippen LogP contribution in [0.1, 0.15) is 37.2 Å².